The number of carbonyl (C=O) groups excluding carboxylic acids is 1. The number of nitrogens with zero attached hydrogens (tertiary/aromatic N) is 2. The lowest BCUT2D eigenvalue weighted by atomic mass is 10.1. The van der Waals surface area contributed by atoms with Gasteiger partial charge in [0.25, 0.3) is 0 Å². The van der Waals surface area contributed by atoms with Crippen LogP contribution in [0.3, 0.4) is 0 Å². The molecule has 5 nitrogen and oxygen atoms in total. The van der Waals surface area contributed by atoms with Crippen LogP contribution in [0.5, 0.6) is 5.75 Å². The van der Waals surface area contributed by atoms with E-state index >= 15 is 0 Å². The fourth-order valence-corrected chi connectivity index (χ4v) is 3.96. The number of thioether (sulfide) groups is 1. The van der Waals surface area contributed by atoms with Gasteiger partial charge in [0, 0.05) is 17.7 Å². The smallest absolute Gasteiger partial charge is 0.234 e. The summed E-state index contributed by atoms with van der Waals surface area (Å²) in [5.74, 6) is 0.996. The number of aliphatic imine (C=N–C) groups is 2. The van der Waals surface area contributed by atoms with E-state index in [0.717, 1.165) is 44.7 Å². The Hall–Kier alpha value is -3.38. The maximum absolute atomic E-state index is 12.5. The molecular weight excluding hydrogens is 406 g/mol. The van der Waals surface area contributed by atoms with Gasteiger partial charge in [-0.05, 0) is 43.3 Å². The molecule has 0 saturated carbocycles. The van der Waals surface area contributed by atoms with Crippen LogP contribution >= 0.6 is 11.8 Å². The molecule has 4 rings (SSSR count). The van der Waals surface area contributed by atoms with Gasteiger partial charge in [-0.2, -0.15) is 0 Å². The summed E-state index contributed by atoms with van der Waals surface area (Å²) in [5, 5.41) is 3.79. The van der Waals surface area contributed by atoms with Gasteiger partial charge in [-0.25, -0.2) is 4.99 Å². The predicted octanol–water partition coefficient (Wildman–Crippen LogP) is 5.93. The van der Waals surface area contributed by atoms with E-state index in [2.05, 4.69) is 5.32 Å². The molecule has 0 spiro atoms. The van der Waals surface area contributed by atoms with Gasteiger partial charge in [0.05, 0.1) is 35.0 Å². The Morgan fingerprint density at radius 1 is 1.00 bits per heavy atom. The van der Waals surface area contributed by atoms with Crippen LogP contribution in [0, 0.1) is 6.92 Å². The highest BCUT2D eigenvalue weighted by atomic mass is 32.2. The standard InChI is InChI=1S/C25H23N3O2S/c1-17-10-12-19(13-11-17)26-24(29)16-31-25-15-23(18-6-5-7-20(14-18)30-2)27-21-8-3-4-9-22(21)28-25/h3-14H,15-16H2,1-2H3,(H,26,29). The molecule has 0 aromatic heterocycles. The number of carbonyl (C=O) groups is 1. The van der Waals surface area contributed by atoms with Crippen molar-refractivity contribution < 1.29 is 9.53 Å². The summed E-state index contributed by atoms with van der Waals surface area (Å²) in [4.78, 5) is 22.1. The first kappa shape index (κ1) is 20.9. The van der Waals surface area contributed by atoms with Crippen LogP contribution in [0.4, 0.5) is 17.1 Å². The molecule has 31 heavy (non-hydrogen) atoms. The molecule has 0 atom stereocenters. The van der Waals surface area contributed by atoms with Gasteiger partial charge >= 0.3 is 0 Å². The van der Waals surface area contributed by atoms with Crippen LogP contribution in [0.25, 0.3) is 0 Å². The van der Waals surface area contributed by atoms with Crippen LogP contribution < -0.4 is 10.1 Å². The third kappa shape index (κ3) is 5.41. The number of nitrogens with one attached hydrogen (secondary N) is 1. The average molecular weight is 430 g/mol. The van der Waals surface area contributed by atoms with Gasteiger partial charge in [0.1, 0.15) is 5.75 Å². The van der Waals surface area contributed by atoms with Crippen LogP contribution in [0.2, 0.25) is 0 Å². The molecule has 0 aliphatic carbocycles. The number of anilines is 1. The van der Waals surface area contributed by atoms with Crippen LogP contribution in [-0.4, -0.2) is 29.5 Å². The number of fused-ring (bicyclic) bond motifs is 1. The van der Waals surface area contributed by atoms with Crippen molar-refractivity contribution >= 4 is 45.5 Å². The number of aryl methyl sites for hydroxylation is 1. The lowest BCUT2D eigenvalue weighted by Crippen LogP contribution is -2.16. The molecule has 0 radical (unpaired) electrons. The number of para-hydroxylation sites is 2. The Morgan fingerprint density at radius 2 is 1.74 bits per heavy atom. The average Bonchev–Trinajstić information content (AvgIpc) is 2.98. The molecular formula is C25H23N3O2S. The largest absolute Gasteiger partial charge is 0.497 e. The molecule has 1 aliphatic heterocycles. The molecule has 0 unspecified atom stereocenters. The van der Waals surface area contributed by atoms with Gasteiger partial charge in [0.15, 0.2) is 0 Å². The van der Waals surface area contributed by atoms with Gasteiger partial charge in [-0.3, -0.25) is 9.79 Å². The minimum atomic E-state index is -0.0612. The molecule has 156 valence electrons. The van der Waals surface area contributed by atoms with E-state index in [1.807, 2.05) is 79.7 Å². The molecule has 1 heterocycles. The summed E-state index contributed by atoms with van der Waals surface area (Å²) < 4.78 is 5.37. The third-order valence-electron chi connectivity index (χ3n) is 4.81. The zero-order chi connectivity index (χ0) is 21.6. The van der Waals surface area contributed by atoms with Gasteiger partial charge in [-0.15, -0.1) is 11.8 Å². The van der Waals surface area contributed by atoms with Crippen molar-refractivity contribution in [2.45, 2.75) is 13.3 Å². The molecule has 1 amide bonds. The highest BCUT2D eigenvalue weighted by Gasteiger charge is 2.17. The number of methoxy groups -OCH3 is 1. The molecule has 3 aromatic carbocycles. The molecule has 1 aliphatic rings. The lowest BCUT2D eigenvalue weighted by Gasteiger charge is -2.09. The second-order valence-electron chi connectivity index (χ2n) is 7.16. The zero-order valence-corrected chi connectivity index (χ0v) is 18.3. The number of hydrogen-bond donors (Lipinski definition) is 1. The maximum Gasteiger partial charge on any atom is 0.234 e. The number of hydrogen-bond acceptors (Lipinski definition) is 5. The minimum Gasteiger partial charge on any atom is -0.497 e. The Bertz CT molecular complexity index is 1150. The van der Waals surface area contributed by atoms with Crippen molar-refractivity contribution in [3.8, 4) is 5.75 Å². The van der Waals surface area contributed by atoms with Crippen molar-refractivity contribution in [1.82, 2.24) is 0 Å². The number of benzene rings is 3. The summed E-state index contributed by atoms with van der Waals surface area (Å²) in [6.45, 7) is 2.02. The van der Waals surface area contributed by atoms with Gasteiger partial charge in [0.2, 0.25) is 5.91 Å². The molecule has 0 bridgehead atoms. The SMILES string of the molecule is COc1cccc(C2=Nc3ccccc3N=C(SCC(=O)Nc3ccc(C)cc3)C2)c1. The number of rotatable bonds is 5. The Labute approximate surface area is 186 Å². The molecule has 3 aromatic rings. The van der Waals surface area contributed by atoms with E-state index in [4.69, 9.17) is 14.7 Å². The predicted molar refractivity (Wildman–Crippen MR) is 130 cm³/mol. The van der Waals surface area contributed by atoms with E-state index in [1.165, 1.54) is 11.8 Å². The summed E-state index contributed by atoms with van der Waals surface area (Å²) in [5.41, 5.74) is 5.45. The Kier molecular flexibility index (Phi) is 6.48. The van der Waals surface area contributed by atoms with Crippen molar-refractivity contribution in [2.75, 3.05) is 18.2 Å². The first-order chi connectivity index (χ1) is 15.1. The lowest BCUT2D eigenvalue weighted by molar-refractivity contribution is -0.113. The maximum atomic E-state index is 12.5. The van der Waals surface area contributed by atoms with Crippen molar-refractivity contribution in [3.05, 3.63) is 83.9 Å². The Balaban J connectivity index is 1.53. The normalized spacial score (nSPS) is 12.8. The van der Waals surface area contributed by atoms with Crippen molar-refractivity contribution in [2.24, 2.45) is 9.98 Å². The van der Waals surface area contributed by atoms with Crippen molar-refractivity contribution in [1.29, 1.82) is 0 Å². The minimum absolute atomic E-state index is 0.0612. The van der Waals surface area contributed by atoms with E-state index in [1.54, 1.807) is 7.11 Å². The van der Waals surface area contributed by atoms with Crippen molar-refractivity contribution in [3.63, 3.8) is 0 Å². The van der Waals surface area contributed by atoms with E-state index in [0.29, 0.717) is 6.42 Å². The summed E-state index contributed by atoms with van der Waals surface area (Å²) >= 11 is 1.44. The van der Waals surface area contributed by atoms with E-state index < -0.39 is 0 Å². The molecule has 6 heteroatoms. The number of amides is 1. The molecule has 1 N–H and O–H groups in total. The van der Waals surface area contributed by atoms with Crippen LogP contribution in [0.1, 0.15) is 17.5 Å². The molecule has 0 saturated heterocycles. The monoisotopic (exact) mass is 429 g/mol. The highest BCUT2D eigenvalue weighted by molar-refractivity contribution is 8.14. The highest BCUT2D eigenvalue weighted by Crippen LogP contribution is 2.33. The van der Waals surface area contributed by atoms with E-state index in [-0.39, 0.29) is 11.7 Å². The summed E-state index contributed by atoms with van der Waals surface area (Å²) in [6.07, 6.45) is 0.546. The molecule has 0 fully saturated rings. The van der Waals surface area contributed by atoms with Gasteiger partial charge in [-0.1, -0.05) is 42.0 Å². The Morgan fingerprint density at radius 3 is 2.48 bits per heavy atom. The topological polar surface area (TPSA) is 63.1 Å². The fraction of sp³-hybridized carbons (Fsp3) is 0.160. The first-order valence-corrected chi connectivity index (χ1v) is 11.0. The second-order valence-corrected chi connectivity index (χ2v) is 8.21. The summed E-state index contributed by atoms with van der Waals surface area (Å²) in [6, 6.07) is 23.4. The first-order valence-electron chi connectivity index (χ1n) is 9.98. The quantitative estimate of drug-likeness (QED) is 0.547. The second kappa shape index (κ2) is 9.62. The summed E-state index contributed by atoms with van der Waals surface area (Å²) in [7, 11) is 1.65. The number of ether oxygens (including phenoxy) is 1. The van der Waals surface area contributed by atoms with Crippen LogP contribution in [0.15, 0.2) is 82.8 Å². The van der Waals surface area contributed by atoms with Crippen LogP contribution in [-0.2, 0) is 4.79 Å². The zero-order valence-electron chi connectivity index (χ0n) is 17.5. The third-order valence-corrected chi connectivity index (χ3v) is 5.78. The fourth-order valence-electron chi connectivity index (χ4n) is 3.19. The van der Waals surface area contributed by atoms with E-state index in [9.17, 15) is 4.79 Å². The van der Waals surface area contributed by atoms with Gasteiger partial charge < -0.3 is 10.1 Å².